The molecule has 1 aliphatic heterocycles. The molecular formula is C16H24N2O2. The van der Waals surface area contributed by atoms with E-state index in [4.69, 9.17) is 4.74 Å². The van der Waals surface area contributed by atoms with Crippen molar-refractivity contribution < 1.29 is 9.53 Å². The summed E-state index contributed by atoms with van der Waals surface area (Å²) in [6, 6.07) is 10.2. The normalized spacial score (nSPS) is 21.4. The molecular weight excluding hydrogens is 252 g/mol. The molecule has 0 bridgehead atoms. The van der Waals surface area contributed by atoms with Crippen LogP contribution in [0.15, 0.2) is 30.3 Å². The summed E-state index contributed by atoms with van der Waals surface area (Å²) in [6.45, 7) is 5.24. The van der Waals surface area contributed by atoms with Gasteiger partial charge in [0.1, 0.15) is 0 Å². The Balaban J connectivity index is 1.72. The molecule has 0 aromatic heterocycles. The molecule has 1 aliphatic rings. The molecule has 0 spiro atoms. The predicted octanol–water partition coefficient (Wildman–Crippen LogP) is 2.02. The first-order valence-electron chi connectivity index (χ1n) is 7.36. The standard InChI is InChI=1S/C16H24N2O2/c1-12(14-7-4-3-5-8-14)18-16(19)11-17-13(2)15-9-6-10-20-15/h3-5,7-8,12-13,15,17H,6,9-11H2,1-2H3,(H,18,19)/t12-,13-,15+/m0/s1. The maximum absolute atomic E-state index is 11.9. The number of amides is 1. The second kappa shape index (κ2) is 7.41. The number of carbonyl (C=O) groups is 1. The van der Waals surface area contributed by atoms with Gasteiger partial charge in [-0.3, -0.25) is 4.79 Å². The van der Waals surface area contributed by atoms with Gasteiger partial charge in [-0.25, -0.2) is 0 Å². The van der Waals surface area contributed by atoms with E-state index < -0.39 is 0 Å². The van der Waals surface area contributed by atoms with Crippen LogP contribution in [-0.2, 0) is 9.53 Å². The summed E-state index contributed by atoms with van der Waals surface area (Å²) in [7, 11) is 0. The summed E-state index contributed by atoms with van der Waals surface area (Å²) < 4.78 is 5.60. The fraction of sp³-hybridized carbons (Fsp3) is 0.562. The number of ether oxygens (including phenoxy) is 1. The van der Waals surface area contributed by atoms with E-state index in [0.717, 1.165) is 25.0 Å². The SMILES string of the molecule is C[C@H](NC(=O)CN[C@@H](C)[C@H]1CCCO1)c1ccccc1. The fourth-order valence-electron chi connectivity index (χ4n) is 2.50. The smallest absolute Gasteiger partial charge is 0.234 e. The average molecular weight is 276 g/mol. The van der Waals surface area contributed by atoms with E-state index >= 15 is 0 Å². The van der Waals surface area contributed by atoms with Crippen LogP contribution in [0.2, 0.25) is 0 Å². The lowest BCUT2D eigenvalue weighted by Gasteiger charge is -2.20. The Kier molecular flexibility index (Phi) is 5.56. The Bertz CT molecular complexity index is 416. The highest BCUT2D eigenvalue weighted by Crippen LogP contribution is 2.15. The van der Waals surface area contributed by atoms with Gasteiger partial charge in [0.2, 0.25) is 5.91 Å². The zero-order valence-electron chi connectivity index (χ0n) is 12.3. The van der Waals surface area contributed by atoms with E-state index in [1.807, 2.05) is 37.3 Å². The van der Waals surface area contributed by atoms with Crippen LogP contribution in [0.25, 0.3) is 0 Å². The van der Waals surface area contributed by atoms with Crippen molar-refractivity contribution >= 4 is 5.91 Å². The van der Waals surface area contributed by atoms with Crippen molar-refractivity contribution in [2.45, 2.75) is 44.9 Å². The molecule has 20 heavy (non-hydrogen) atoms. The molecule has 1 aromatic rings. The summed E-state index contributed by atoms with van der Waals surface area (Å²) >= 11 is 0. The number of carbonyl (C=O) groups excluding carboxylic acids is 1. The number of hydrogen-bond donors (Lipinski definition) is 2. The molecule has 0 saturated carbocycles. The third-order valence-electron chi connectivity index (χ3n) is 3.78. The molecule has 0 radical (unpaired) electrons. The maximum Gasteiger partial charge on any atom is 0.234 e. The molecule has 2 N–H and O–H groups in total. The Morgan fingerprint density at radius 2 is 2.10 bits per heavy atom. The van der Waals surface area contributed by atoms with Gasteiger partial charge >= 0.3 is 0 Å². The molecule has 0 aliphatic carbocycles. The van der Waals surface area contributed by atoms with Gasteiger partial charge in [0.25, 0.3) is 0 Å². The minimum atomic E-state index is 0.0196. The highest BCUT2D eigenvalue weighted by molar-refractivity contribution is 5.78. The van der Waals surface area contributed by atoms with E-state index in [9.17, 15) is 4.79 Å². The minimum absolute atomic E-state index is 0.0196. The summed E-state index contributed by atoms with van der Waals surface area (Å²) in [4.78, 5) is 11.9. The first kappa shape index (κ1) is 15.0. The minimum Gasteiger partial charge on any atom is -0.377 e. The highest BCUT2D eigenvalue weighted by Gasteiger charge is 2.22. The lowest BCUT2D eigenvalue weighted by Crippen LogP contribution is -2.43. The average Bonchev–Trinajstić information content (AvgIpc) is 3.00. The van der Waals surface area contributed by atoms with Gasteiger partial charge in [0.15, 0.2) is 0 Å². The van der Waals surface area contributed by atoms with Crippen LogP contribution in [0.5, 0.6) is 0 Å². The Morgan fingerprint density at radius 3 is 2.75 bits per heavy atom. The molecule has 4 nitrogen and oxygen atoms in total. The molecule has 1 aromatic carbocycles. The zero-order chi connectivity index (χ0) is 14.4. The second-order valence-electron chi connectivity index (χ2n) is 5.42. The summed E-state index contributed by atoms with van der Waals surface area (Å²) in [6.07, 6.45) is 2.44. The molecule has 1 fully saturated rings. The van der Waals surface area contributed by atoms with Crippen molar-refractivity contribution in [2.75, 3.05) is 13.2 Å². The summed E-state index contributed by atoms with van der Waals surface area (Å²) in [5.74, 6) is 0.0196. The highest BCUT2D eigenvalue weighted by atomic mass is 16.5. The van der Waals surface area contributed by atoms with Crippen molar-refractivity contribution in [1.29, 1.82) is 0 Å². The van der Waals surface area contributed by atoms with Gasteiger partial charge in [0.05, 0.1) is 18.7 Å². The molecule has 1 amide bonds. The number of rotatable bonds is 6. The quantitative estimate of drug-likeness (QED) is 0.836. The Hall–Kier alpha value is -1.39. The Labute approximate surface area is 120 Å². The largest absolute Gasteiger partial charge is 0.377 e. The van der Waals surface area contributed by atoms with Crippen LogP contribution < -0.4 is 10.6 Å². The van der Waals surface area contributed by atoms with E-state index in [1.165, 1.54) is 0 Å². The van der Waals surface area contributed by atoms with Crippen LogP contribution in [0.4, 0.5) is 0 Å². The molecule has 1 saturated heterocycles. The van der Waals surface area contributed by atoms with Gasteiger partial charge in [-0.15, -0.1) is 0 Å². The van der Waals surface area contributed by atoms with Gasteiger partial charge in [-0.05, 0) is 32.3 Å². The summed E-state index contributed by atoms with van der Waals surface area (Å²) in [5, 5.41) is 6.24. The monoisotopic (exact) mass is 276 g/mol. The zero-order valence-corrected chi connectivity index (χ0v) is 12.3. The van der Waals surface area contributed by atoms with Gasteiger partial charge in [0, 0.05) is 12.6 Å². The third-order valence-corrected chi connectivity index (χ3v) is 3.78. The molecule has 1 heterocycles. The van der Waals surface area contributed by atoms with Crippen molar-refractivity contribution in [3.8, 4) is 0 Å². The first-order chi connectivity index (χ1) is 9.66. The summed E-state index contributed by atoms with van der Waals surface area (Å²) in [5.41, 5.74) is 1.12. The van der Waals surface area contributed by atoms with E-state index in [1.54, 1.807) is 0 Å². The van der Waals surface area contributed by atoms with Crippen molar-refractivity contribution in [1.82, 2.24) is 10.6 Å². The van der Waals surface area contributed by atoms with Crippen LogP contribution in [0.1, 0.15) is 38.3 Å². The van der Waals surface area contributed by atoms with Gasteiger partial charge in [-0.1, -0.05) is 30.3 Å². The third kappa shape index (κ3) is 4.32. The number of nitrogens with one attached hydrogen (secondary N) is 2. The predicted molar refractivity (Wildman–Crippen MR) is 79.4 cm³/mol. The lowest BCUT2D eigenvalue weighted by atomic mass is 10.1. The number of hydrogen-bond acceptors (Lipinski definition) is 3. The van der Waals surface area contributed by atoms with E-state index in [2.05, 4.69) is 17.6 Å². The second-order valence-corrected chi connectivity index (χ2v) is 5.42. The lowest BCUT2D eigenvalue weighted by molar-refractivity contribution is -0.121. The topological polar surface area (TPSA) is 50.4 Å². The van der Waals surface area contributed by atoms with Crippen molar-refractivity contribution in [2.24, 2.45) is 0 Å². The van der Waals surface area contributed by atoms with E-state index in [-0.39, 0.29) is 24.1 Å². The number of benzene rings is 1. The first-order valence-corrected chi connectivity index (χ1v) is 7.36. The molecule has 2 rings (SSSR count). The van der Waals surface area contributed by atoms with Crippen LogP contribution >= 0.6 is 0 Å². The van der Waals surface area contributed by atoms with Gasteiger partial charge < -0.3 is 15.4 Å². The van der Waals surface area contributed by atoms with Crippen LogP contribution in [-0.4, -0.2) is 31.2 Å². The Morgan fingerprint density at radius 1 is 1.35 bits per heavy atom. The van der Waals surface area contributed by atoms with Gasteiger partial charge in [-0.2, -0.15) is 0 Å². The molecule has 4 heteroatoms. The van der Waals surface area contributed by atoms with Crippen LogP contribution in [0.3, 0.4) is 0 Å². The molecule has 3 atom stereocenters. The molecule has 110 valence electrons. The van der Waals surface area contributed by atoms with Crippen molar-refractivity contribution in [3.63, 3.8) is 0 Å². The van der Waals surface area contributed by atoms with E-state index in [0.29, 0.717) is 6.54 Å². The fourth-order valence-corrected chi connectivity index (χ4v) is 2.50. The van der Waals surface area contributed by atoms with Crippen molar-refractivity contribution in [3.05, 3.63) is 35.9 Å². The van der Waals surface area contributed by atoms with Crippen LogP contribution in [0, 0.1) is 0 Å². The molecule has 0 unspecified atom stereocenters. The maximum atomic E-state index is 11.9.